The first-order valence-corrected chi connectivity index (χ1v) is 2.97. The van der Waals surface area contributed by atoms with Gasteiger partial charge in [0.2, 0.25) is 0 Å². The summed E-state index contributed by atoms with van der Waals surface area (Å²) in [5.74, 6) is 0. The summed E-state index contributed by atoms with van der Waals surface area (Å²) in [6.45, 7) is 2.16. The minimum absolute atomic E-state index is 1.14. The first-order valence-electron chi connectivity index (χ1n) is 2.97. The van der Waals surface area contributed by atoms with E-state index >= 15 is 0 Å². The number of rotatable bonds is 1. The lowest BCUT2D eigenvalue weighted by Crippen LogP contribution is -1.73. The van der Waals surface area contributed by atoms with Crippen LogP contribution in [0.3, 0.4) is 0 Å². The van der Waals surface area contributed by atoms with Gasteiger partial charge in [0.25, 0.3) is 0 Å². The van der Waals surface area contributed by atoms with Gasteiger partial charge in [-0.3, -0.25) is 0 Å². The topological polar surface area (TPSA) is 0 Å². The van der Waals surface area contributed by atoms with Crippen molar-refractivity contribution in [3.8, 4) is 0 Å². The highest BCUT2D eigenvalue weighted by molar-refractivity contribution is 5.13. The van der Waals surface area contributed by atoms with Gasteiger partial charge in [-0.25, -0.2) is 0 Å². The molecule has 0 unspecified atom stereocenters. The van der Waals surface area contributed by atoms with Crippen LogP contribution in [-0.4, -0.2) is 0 Å². The maximum atomic E-state index is 2.16. The largest absolute Gasteiger partial charge is 0.0622 e. The third kappa shape index (κ3) is 1.09. The average Bonchev–Trinajstić information content (AvgIpc) is 1.90. The molecule has 0 fully saturated rings. The van der Waals surface area contributed by atoms with Crippen molar-refractivity contribution in [1.82, 2.24) is 0 Å². The zero-order valence-corrected chi connectivity index (χ0v) is 5.09. The monoisotopic (exact) mass is 107 g/mol. The molecule has 0 saturated carbocycles. The van der Waals surface area contributed by atoms with Crippen molar-refractivity contribution in [2.24, 2.45) is 0 Å². The number of hydrogen-bond acceptors (Lipinski definition) is 0. The summed E-state index contributed by atoms with van der Waals surface area (Å²) >= 11 is 0. The molecule has 0 aliphatic carbocycles. The fraction of sp³-hybridized carbons (Fsp3) is 0.250. The maximum absolute atomic E-state index is 2.16. The second-order valence-electron chi connectivity index (χ2n) is 1.84. The summed E-state index contributed by atoms with van der Waals surface area (Å²) < 4.78 is 0. The first-order chi connectivity index (χ1) is 3.93. The molecule has 0 N–H and O–H groups in total. The maximum Gasteiger partial charge on any atom is -0.0307 e. The third-order valence-corrected chi connectivity index (χ3v) is 1.25. The Kier molecular flexibility index (Phi) is 1.68. The lowest BCUT2D eigenvalue weighted by molar-refractivity contribution is 1.14. The Morgan fingerprint density at radius 2 is 1.75 bits per heavy atom. The van der Waals surface area contributed by atoms with Crippen LogP contribution in [0.2, 0.25) is 0 Å². The molecule has 0 saturated heterocycles. The molecule has 0 nitrogen and oxygen atoms in total. The summed E-state index contributed by atoms with van der Waals surface area (Å²) in [5.41, 5.74) is 1.41. The Morgan fingerprint density at radius 1 is 1.12 bits per heavy atom. The number of benzene rings is 1. The molecule has 0 aliphatic heterocycles. The van der Waals surface area contributed by atoms with E-state index in [4.69, 9.17) is 0 Å². The summed E-state index contributed by atoms with van der Waals surface area (Å²) in [5, 5.41) is 0. The van der Waals surface area contributed by atoms with Crippen LogP contribution >= 0.6 is 0 Å². The van der Waals surface area contributed by atoms with Gasteiger partial charge in [0.15, 0.2) is 0 Å². The molecule has 0 atom stereocenters. The van der Waals surface area contributed by atoms with Crippen LogP contribution in [0, 0.1) is 0 Å². The van der Waals surface area contributed by atoms with Crippen LogP contribution in [0.4, 0.5) is 0 Å². The normalized spacial score (nSPS) is 9.12. The minimum Gasteiger partial charge on any atom is -0.0622 e. The molecule has 1 rings (SSSR count). The quantitative estimate of drug-likeness (QED) is 0.483. The van der Waals surface area contributed by atoms with Crippen LogP contribution in [0.15, 0.2) is 30.3 Å². The number of hydrogen-bond donors (Lipinski definition) is 0. The molecule has 0 amide bonds. The summed E-state index contributed by atoms with van der Waals surface area (Å²) in [4.78, 5) is 0. The zero-order valence-electron chi connectivity index (χ0n) is 5.09. The van der Waals surface area contributed by atoms with E-state index in [2.05, 4.69) is 31.2 Å². The highest BCUT2D eigenvalue weighted by Gasteiger charge is 1.79. The van der Waals surface area contributed by atoms with Crippen LogP contribution in [0.1, 0.15) is 12.5 Å². The molecule has 1 aromatic carbocycles. The smallest absolute Gasteiger partial charge is 0.0307 e. The highest BCUT2D eigenvalue weighted by atomic mass is 14.2. The third-order valence-electron chi connectivity index (χ3n) is 1.25. The van der Waals surface area contributed by atoms with Gasteiger partial charge in [-0.15, -0.1) is 0 Å². The summed E-state index contributed by atoms with van der Waals surface area (Å²) in [7, 11) is 0. The van der Waals surface area contributed by atoms with Crippen LogP contribution in [-0.2, 0) is 6.42 Å². The van der Waals surface area contributed by atoms with E-state index in [0.717, 1.165) is 6.42 Å². The van der Waals surface area contributed by atoms with E-state index in [0.29, 0.717) is 0 Å². The van der Waals surface area contributed by atoms with Gasteiger partial charge in [-0.1, -0.05) is 37.3 Å². The average molecular weight is 107 g/mol. The predicted molar refractivity (Wildman–Crippen MR) is 35.8 cm³/mol. The standard InChI is InChI=1S/C8H10/c1-2-8-6-4-3-5-7-8/h3-7H,2H2,1H3/i2+1. The van der Waals surface area contributed by atoms with Crippen molar-refractivity contribution in [3.05, 3.63) is 35.9 Å². The minimum atomic E-state index is 1.14. The molecule has 1 aromatic rings. The van der Waals surface area contributed by atoms with E-state index in [1.54, 1.807) is 0 Å². The van der Waals surface area contributed by atoms with Gasteiger partial charge in [0, 0.05) is 0 Å². The summed E-state index contributed by atoms with van der Waals surface area (Å²) in [6, 6.07) is 10.5. The molecule has 8 heavy (non-hydrogen) atoms. The molecule has 0 bridgehead atoms. The van der Waals surface area contributed by atoms with Crippen molar-refractivity contribution in [2.45, 2.75) is 13.3 Å². The van der Waals surface area contributed by atoms with Crippen molar-refractivity contribution >= 4 is 0 Å². The van der Waals surface area contributed by atoms with Crippen molar-refractivity contribution in [1.29, 1.82) is 0 Å². The zero-order chi connectivity index (χ0) is 5.82. The highest BCUT2D eigenvalue weighted by Crippen LogP contribution is 1.96. The molecule has 0 spiro atoms. The fourth-order valence-corrected chi connectivity index (χ4v) is 0.714. The lowest BCUT2D eigenvalue weighted by Gasteiger charge is -1.89. The Morgan fingerprint density at radius 3 is 2.12 bits per heavy atom. The van der Waals surface area contributed by atoms with Crippen molar-refractivity contribution in [2.75, 3.05) is 0 Å². The molecular weight excluding hydrogens is 97.1 g/mol. The van der Waals surface area contributed by atoms with Crippen molar-refractivity contribution in [3.63, 3.8) is 0 Å². The molecule has 0 aromatic heterocycles. The van der Waals surface area contributed by atoms with Gasteiger partial charge in [-0.05, 0) is 12.0 Å². The van der Waals surface area contributed by atoms with Crippen LogP contribution < -0.4 is 0 Å². The molecule has 42 valence electrons. The number of aryl methyl sites for hydroxylation is 1. The lowest BCUT2D eigenvalue weighted by atomic mass is 10.3. The van der Waals surface area contributed by atoms with Gasteiger partial charge in [0.05, 0.1) is 0 Å². The van der Waals surface area contributed by atoms with Crippen molar-refractivity contribution < 1.29 is 0 Å². The van der Waals surface area contributed by atoms with E-state index in [1.807, 2.05) is 6.07 Å². The Bertz CT molecular complexity index is 141. The van der Waals surface area contributed by atoms with Gasteiger partial charge in [-0.2, -0.15) is 0 Å². The Hall–Kier alpha value is -0.780. The Balaban J connectivity index is 2.83. The van der Waals surface area contributed by atoms with Crippen LogP contribution in [0.5, 0.6) is 0 Å². The van der Waals surface area contributed by atoms with E-state index in [-0.39, 0.29) is 0 Å². The second kappa shape index (κ2) is 2.51. The first kappa shape index (κ1) is 5.36. The van der Waals surface area contributed by atoms with E-state index < -0.39 is 0 Å². The summed E-state index contributed by atoms with van der Waals surface area (Å²) in [6.07, 6.45) is 1.14. The van der Waals surface area contributed by atoms with Gasteiger partial charge < -0.3 is 0 Å². The second-order valence-corrected chi connectivity index (χ2v) is 1.84. The van der Waals surface area contributed by atoms with E-state index in [9.17, 15) is 0 Å². The molecule has 0 aliphatic rings. The van der Waals surface area contributed by atoms with E-state index in [1.165, 1.54) is 5.56 Å². The fourth-order valence-electron chi connectivity index (χ4n) is 0.714. The molecule has 0 radical (unpaired) electrons. The molecule has 0 heterocycles. The van der Waals surface area contributed by atoms with Gasteiger partial charge >= 0.3 is 0 Å². The molecular formula is C8H10. The van der Waals surface area contributed by atoms with Crippen LogP contribution in [0.25, 0.3) is 0 Å². The SMILES string of the molecule is C[13CH2]c1ccccc1. The Labute approximate surface area is 50.2 Å². The molecule has 0 heteroatoms. The van der Waals surface area contributed by atoms with Gasteiger partial charge in [0.1, 0.15) is 0 Å². The predicted octanol–water partition coefficient (Wildman–Crippen LogP) is 2.25.